The Morgan fingerprint density at radius 2 is 2.00 bits per heavy atom. The van der Waals surface area contributed by atoms with Crippen LogP contribution in [0.1, 0.15) is 29.5 Å². The number of aromatic nitrogens is 2. The van der Waals surface area contributed by atoms with E-state index in [1.54, 1.807) is 30.2 Å². The van der Waals surface area contributed by atoms with E-state index in [0.717, 1.165) is 65.5 Å². The first-order chi connectivity index (χ1) is 14.9. The fraction of sp³-hybridized carbons (Fsp3) is 0.292. The molecule has 0 radical (unpaired) electrons. The third-order valence-corrected chi connectivity index (χ3v) is 6.20. The number of benzene rings is 2. The molecule has 7 heteroatoms. The van der Waals surface area contributed by atoms with Crippen LogP contribution in [-0.2, 0) is 20.0 Å². The van der Waals surface area contributed by atoms with Gasteiger partial charge in [-0.15, -0.1) is 0 Å². The fourth-order valence-corrected chi connectivity index (χ4v) is 4.58. The molecule has 0 saturated carbocycles. The van der Waals surface area contributed by atoms with Crippen molar-refractivity contribution in [3.8, 4) is 11.1 Å². The summed E-state index contributed by atoms with van der Waals surface area (Å²) in [5.41, 5.74) is 6.53. The molecule has 2 aliphatic rings. The normalized spacial score (nSPS) is 15.7. The molecule has 0 unspecified atom stereocenters. The molecule has 1 N–H and O–H groups in total. The Labute approximate surface area is 180 Å². The summed E-state index contributed by atoms with van der Waals surface area (Å²) in [4.78, 5) is 4.26. The Balaban J connectivity index is 1.64. The molecule has 5 nitrogen and oxygen atoms in total. The van der Waals surface area contributed by atoms with E-state index in [-0.39, 0.29) is 5.56 Å². The van der Waals surface area contributed by atoms with Gasteiger partial charge >= 0.3 is 0 Å². The quantitative estimate of drug-likeness (QED) is 0.611. The van der Waals surface area contributed by atoms with E-state index in [1.165, 1.54) is 0 Å². The van der Waals surface area contributed by atoms with Crippen LogP contribution >= 0.6 is 0 Å². The highest BCUT2D eigenvalue weighted by Gasteiger charge is 2.27. The van der Waals surface area contributed by atoms with Crippen LogP contribution < -0.4 is 10.2 Å². The Kier molecular flexibility index (Phi) is 4.68. The van der Waals surface area contributed by atoms with E-state index >= 15 is 0 Å². The van der Waals surface area contributed by atoms with E-state index < -0.39 is 6.43 Å². The predicted octanol–water partition coefficient (Wildman–Crippen LogP) is 5.44. The lowest BCUT2D eigenvalue weighted by molar-refractivity contribution is 0.152. The van der Waals surface area contributed by atoms with Gasteiger partial charge in [-0.2, -0.15) is 5.10 Å². The third-order valence-electron chi connectivity index (χ3n) is 6.20. The highest BCUT2D eigenvalue weighted by atomic mass is 19.3. The smallest absolute Gasteiger partial charge is 0.264 e. The lowest BCUT2D eigenvalue weighted by atomic mass is 9.92. The van der Waals surface area contributed by atoms with Gasteiger partial charge in [-0.1, -0.05) is 12.6 Å². The van der Waals surface area contributed by atoms with Crippen LogP contribution in [0.5, 0.6) is 0 Å². The summed E-state index contributed by atoms with van der Waals surface area (Å²) in [5, 5.41) is 7.52. The topological polar surface area (TPSA) is 36.3 Å². The molecule has 3 heterocycles. The zero-order chi connectivity index (χ0) is 21.7. The van der Waals surface area contributed by atoms with Crippen LogP contribution in [0.15, 0.2) is 55.1 Å². The number of fused-ring (bicyclic) bond motifs is 2. The number of halogens is 2. The summed E-state index contributed by atoms with van der Waals surface area (Å²) >= 11 is 0. The lowest BCUT2D eigenvalue weighted by Gasteiger charge is -2.37. The average molecular weight is 421 g/mol. The van der Waals surface area contributed by atoms with Crippen LogP contribution in [0.3, 0.4) is 0 Å². The van der Waals surface area contributed by atoms with Crippen LogP contribution in [0, 0.1) is 0 Å². The van der Waals surface area contributed by atoms with Crippen molar-refractivity contribution >= 4 is 17.1 Å². The largest absolute Gasteiger partial charge is 0.357 e. The molecule has 0 atom stereocenters. The first-order valence-corrected chi connectivity index (χ1v) is 10.4. The lowest BCUT2D eigenvalue weighted by Crippen LogP contribution is -2.31. The van der Waals surface area contributed by atoms with Crippen molar-refractivity contribution in [1.82, 2.24) is 14.7 Å². The Bertz CT molecular complexity index is 1170. The fourth-order valence-electron chi connectivity index (χ4n) is 4.58. The Morgan fingerprint density at radius 3 is 2.74 bits per heavy atom. The number of nitrogens with zero attached hydrogens (tertiary/aromatic N) is 4. The standard InChI is InChI=1S/C24H25F2N5/c1-15-28-21-7-4-8-22(20(21)14-29(15)2)31-9-5-6-16-10-18(17-12-27-30(3)13-17)19(24(25)26)11-23(16)31/h4,7-8,10-13,24,28H,1,5-6,9,14H2,2-3H3. The van der Waals surface area contributed by atoms with Crippen LogP contribution in [0.25, 0.3) is 11.1 Å². The van der Waals surface area contributed by atoms with Gasteiger partial charge in [0.05, 0.1) is 12.0 Å². The highest BCUT2D eigenvalue weighted by Crippen LogP contribution is 2.43. The van der Waals surface area contributed by atoms with Crippen molar-refractivity contribution in [3.05, 3.63) is 71.8 Å². The minimum atomic E-state index is -2.56. The number of hydrogen-bond acceptors (Lipinski definition) is 4. The van der Waals surface area contributed by atoms with Gasteiger partial charge in [0.25, 0.3) is 6.43 Å². The number of alkyl halides is 2. The first-order valence-electron chi connectivity index (χ1n) is 10.4. The zero-order valence-electron chi connectivity index (χ0n) is 17.7. The molecule has 0 saturated heterocycles. The van der Waals surface area contributed by atoms with Gasteiger partial charge in [0, 0.05) is 67.1 Å². The van der Waals surface area contributed by atoms with Crippen molar-refractivity contribution in [1.29, 1.82) is 0 Å². The molecule has 160 valence electrons. The maximum absolute atomic E-state index is 14.1. The minimum absolute atomic E-state index is 0.0482. The maximum Gasteiger partial charge on any atom is 0.264 e. The number of anilines is 3. The number of nitrogens with one attached hydrogen (secondary N) is 1. The van der Waals surface area contributed by atoms with Crippen molar-refractivity contribution in [2.24, 2.45) is 7.05 Å². The van der Waals surface area contributed by atoms with Gasteiger partial charge in [0.2, 0.25) is 0 Å². The second kappa shape index (κ2) is 7.41. The molecule has 5 rings (SSSR count). The molecule has 3 aromatic rings. The molecule has 2 aliphatic heterocycles. The van der Waals surface area contributed by atoms with Crippen molar-refractivity contribution in [2.75, 3.05) is 23.8 Å². The SMILES string of the molecule is C=C1Nc2cccc(N3CCCc4cc(-c5cnn(C)c5)c(C(F)F)cc43)c2CN1C. The number of hydrogen-bond donors (Lipinski definition) is 1. The summed E-state index contributed by atoms with van der Waals surface area (Å²) in [6.07, 6.45) is 2.71. The first kappa shape index (κ1) is 19.6. The molecule has 0 bridgehead atoms. The van der Waals surface area contributed by atoms with Crippen molar-refractivity contribution < 1.29 is 8.78 Å². The van der Waals surface area contributed by atoms with E-state index in [9.17, 15) is 8.78 Å². The average Bonchev–Trinajstić information content (AvgIpc) is 3.19. The van der Waals surface area contributed by atoms with E-state index in [2.05, 4.69) is 32.9 Å². The van der Waals surface area contributed by atoms with Crippen molar-refractivity contribution in [3.63, 3.8) is 0 Å². The van der Waals surface area contributed by atoms with Crippen LogP contribution in [0.4, 0.5) is 25.8 Å². The summed E-state index contributed by atoms with van der Waals surface area (Å²) in [5.74, 6) is 0.852. The van der Waals surface area contributed by atoms with Crippen LogP contribution in [-0.4, -0.2) is 28.3 Å². The summed E-state index contributed by atoms with van der Waals surface area (Å²) < 4.78 is 29.9. The maximum atomic E-state index is 14.1. The molecule has 0 fully saturated rings. The minimum Gasteiger partial charge on any atom is -0.357 e. The summed E-state index contributed by atoms with van der Waals surface area (Å²) in [7, 11) is 3.79. The van der Waals surface area contributed by atoms with Crippen LogP contribution in [0.2, 0.25) is 0 Å². The molecule has 1 aromatic heterocycles. The van der Waals surface area contributed by atoms with Gasteiger partial charge in [0.15, 0.2) is 0 Å². The van der Waals surface area contributed by atoms with E-state index in [1.807, 2.05) is 25.2 Å². The molecule has 0 spiro atoms. The van der Waals surface area contributed by atoms with Gasteiger partial charge in [-0.05, 0) is 48.2 Å². The number of rotatable bonds is 3. The van der Waals surface area contributed by atoms with Gasteiger partial charge in [-0.25, -0.2) is 8.78 Å². The van der Waals surface area contributed by atoms with E-state index in [0.29, 0.717) is 5.56 Å². The summed E-state index contributed by atoms with van der Waals surface area (Å²) in [6, 6.07) is 9.74. The monoisotopic (exact) mass is 421 g/mol. The zero-order valence-corrected chi connectivity index (χ0v) is 17.7. The molecule has 0 aliphatic carbocycles. The molecule has 0 amide bonds. The molecular weight excluding hydrogens is 396 g/mol. The highest BCUT2D eigenvalue weighted by molar-refractivity contribution is 5.80. The second-order valence-corrected chi connectivity index (χ2v) is 8.26. The predicted molar refractivity (Wildman–Crippen MR) is 120 cm³/mol. The van der Waals surface area contributed by atoms with E-state index in [4.69, 9.17) is 0 Å². The Hall–Kier alpha value is -3.35. The van der Waals surface area contributed by atoms with Gasteiger partial charge < -0.3 is 15.1 Å². The second-order valence-electron chi connectivity index (χ2n) is 8.26. The number of aryl methyl sites for hydroxylation is 2. The van der Waals surface area contributed by atoms with Crippen molar-refractivity contribution in [2.45, 2.75) is 25.8 Å². The molecule has 31 heavy (non-hydrogen) atoms. The summed E-state index contributed by atoms with van der Waals surface area (Å²) in [6.45, 7) is 5.57. The molecule has 2 aromatic carbocycles. The van der Waals surface area contributed by atoms with Gasteiger partial charge in [0.1, 0.15) is 0 Å². The molecular formula is C24H25F2N5. The Morgan fingerprint density at radius 1 is 1.16 bits per heavy atom. The van der Waals surface area contributed by atoms with Gasteiger partial charge in [-0.3, -0.25) is 4.68 Å². The third kappa shape index (κ3) is 3.34.